The van der Waals surface area contributed by atoms with E-state index in [9.17, 15) is 0 Å². The Bertz CT molecular complexity index is 415. The van der Waals surface area contributed by atoms with Crippen LogP contribution in [0.15, 0.2) is 24.3 Å². The Morgan fingerprint density at radius 3 is 2.61 bits per heavy atom. The first-order valence-electron chi connectivity index (χ1n) is 6.60. The summed E-state index contributed by atoms with van der Waals surface area (Å²) in [4.78, 5) is 0. The van der Waals surface area contributed by atoms with Gasteiger partial charge in [-0.1, -0.05) is 12.1 Å². The molecule has 0 aliphatic heterocycles. The second kappa shape index (κ2) is 5.99. The SMILES string of the molecule is CCOC1CC(NC(C)c2ccc(C#N)cc2)C1. The van der Waals surface area contributed by atoms with E-state index in [4.69, 9.17) is 10.00 Å². The largest absolute Gasteiger partial charge is 0.378 e. The molecule has 3 heteroatoms. The first kappa shape index (κ1) is 13.1. The Kier molecular flexibility index (Phi) is 4.35. The second-order valence-corrected chi connectivity index (χ2v) is 4.87. The lowest BCUT2D eigenvalue weighted by Gasteiger charge is -2.37. The van der Waals surface area contributed by atoms with Crippen LogP contribution in [-0.4, -0.2) is 18.8 Å². The Morgan fingerprint density at radius 1 is 1.39 bits per heavy atom. The molecule has 1 unspecified atom stereocenters. The fourth-order valence-corrected chi connectivity index (χ4v) is 2.37. The molecular weight excluding hydrogens is 224 g/mol. The first-order valence-corrected chi connectivity index (χ1v) is 6.60. The summed E-state index contributed by atoms with van der Waals surface area (Å²) in [5.74, 6) is 0. The van der Waals surface area contributed by atoms with E-state index in [1.165, 1.54) is 5.56 Å². The number of nitrogens with one attached hydrogen (secondary N) is 1. The Balaban J connectivity index is 1.81. The number of hydrogen-bond donors (Lipinski definition) is 1. The van der Waals surface area contributed by atoms with E-state index < -0.39 is 0 Å². The predicted molar refractivity (Wildman–Crippen MR) is 71.1 cm³/mol. The normalized spacial score (nSPS) is 24.1. The smallest absolute Gasteiger partial charge is 0.0991 e. The Labute approximate surface area is 109 Å². The van der Waals surface area contributed by atoms with Crippen LogP contribution >= 0.6 is 0 Å². The van der Waals surface area contributed by atoms with E-state index in [-0.39, 0.29) is 0 Å². The lowest BCUT2D eigenvalue weighted by molar-refractivity contribution is -0.0120. The summed E-state index contributed by atoms with van der Waals surface area (Å²) in [5.41, 5.74) is 1.94. The molecule has 1 atom stereocenters. The highest BCUT2D eigenvalue weighted by Crippen LogP contribution is 2.26. The average Bonchev–Trinajstić information content (AvgIpc) is 2.36. The molecule has 0 aromatic heterocycles. The molecule has 1 aromatic carbocycles. The molecule has 0 heterocycles. The first-order chi connectivity index (χ1) is 8.72. The van der Waals surface area contributed by atoms with Gasteiger partial charge in [0.2, 0.25) is 0 Å². The number of nitriles is 1. The van der Waals surface area contributed by atoms with Gasteiger partial charge in [-0.2, -0.15) is 5.26 Å². The molecule has 1 fully saturated rings. The van der Waals surface area contributed by atoms with Crippen molar-refractivity contribution in [3.05, 3.63) is 35.4 Å². The van der Waals surface area contributed by atoms with Crippen LogP contribution in [0.1, 0.15) is 43.9 Å². The van der Waals surface area contributed by atoms with Gasteiger partial charge in [-0.25, -0.2) is 0 Å². The van der Waals surface area contributed by atoms with Gasteiger partial charge in [0.1, 0.15) is 0 Å². The van der Waals surface area contributed by atoms with E-state index >= 15 is 0 Å². The van der Waals surface area contributed by atoms with Crippen molar-refractivity contribution in [2.75, 3.05) is 6.61 Å². The minimum Gasteiger partial charge on any atom is -0.378 e. The molecule has 0 radical (unpaired) electrons. The zero-order valence-electron chi connectivity index (χ0n) is 11.0. The van der Waals surface area contributed by atoms with Crippen LogP contribution in [0.25, 0.3) is 0 Å². The third-order valence-corrected chi connectivity index (χ3v) is 3.52. The molecule has 1 saturated carbocycles. The molecule has 0 amide bonds. The number of benzene rings is 1. The molecule has 0 saturated heterocycles. The molecule has 1 aliphatic rings. The summed E-state index contributed by atoms with van der Waals surface area (Å²) in [6.07, 6.45) is 2.66. The highest BCUT2D eigenvalue weighted by Gasteiger charge is 2.30. The number of hydrogen-bond acceptors (Lipinski definition) is 3. The van der Waals surface area contributed by atoms with Crippen LogP contribution < -0.4 is 5.32 Å². The van der Waals surface area contributed by atoms with Crippen molar-refractivity contribution >= 4 is 0 Å². The fourth-order valence-electron chi connectivity index (χ4n) is 2.37. The summed E-state index contributed by atoms with van der Waals surface area (Å²) >= 11 is 0. The molecule has 0 bridgehead atoms. The highest BCUT2D eigenvalue weighted by atomic mass is 16.5. The maximum Gasteiger partial charge on any atom is 0.0991 e. The van der Waals surface area contributed by atoms with Crippen LogP contribution in [0, 0.1) is 11.3 Å². The van der Waals surface area contributed by atoms with Gasteiger partial charge in [0.05, 0.1) is 17.7 Å². The maximum absolute atomic E-state index is 8.76. The van der Waals surface area contributed by atoms with Crippen molar-refractivity contribution < 1.29 is 4.74 Å². The summed E-state index contributed by atoms with van der Waals surface area (Å²) in [6, 6.07) is 10.8. The number of ether oxygens (including phenoxy) is 1. The molecule has 96 valence electrons. The summed E-state index contributed by atoms with van der Waals surface area (Å²) < 4.78 is 5.55. The van der Waals surface area contributed by atoms with Crippen LogP contribution in [-0.2, 0) is 4.74 Å². The van der Waals surface area contributed by atoms with Crippen molar-refractivity contribution in [3.63, 3.8) is 0 Å². The molecule has 0 spiro atoms. The standard InChI is InChI=1S/C15H20N2O/c1-3-18-15-8-14(9-15)17-11(2)13-6-4-12(10-16)5-7-13/h4-7,11,14-15,17H,3,8-9H2,1-2H3. The van der Waals surface area contributed by atoms with Gasteiger partial charge in [0.15, 0.2) is 0 Å². The molecular formula is C15H20N2O. The zero-order chi connectivity index (χ0) is 13.0. The Hall–Kier alpha value is -1.37. The zero-order valence-corrected chi connectivity index (χ0v) is 11.0. The molecule has 1 N–H and O–H groups in total. The van der Waals surface area contributed by atoms with Crippen molar-refractivity contribution in [2.45, 2.75) is 44.9 Å². The third-order valence-electron chi connectivity index (χ3n) is 3.52. The minimum absolute atomic E-state index is 0.324. The van der Waals surface area contributed by atoms with Crippen LogP contribution in [0.3, 0.4) is 0 Å². The van der Waals surface area contributed by atoms with Crippen molar-refractivity contribution in [3.8, 4) is 6.07 Å². The molecule has 1 aliphatic carbocycles. The summed E-state index contributed by atoms with van der Waals surface area (Å²) in [5, 5.41) is 12.4. The van der Waals surface area contributed by atoms with Crippen LogP contribution in [0.2, 0.25) is 0 Å². The number of nitrogens with zero attached hydrogens (tertiary/aromatic N) is 1. The van der Waals surface area contributed by atoms with E-state index in [0.29, 0.717) is 23.8 Å². The molecule has 3 nitrogen and oxygen atoms in total. The van der Waals surface area contributed by atoms with Gasteiger partial charge < -0.3 is 10.1 Å². The number of rotatable bonds is 5. The maximum atomic E-state index is 8.76. The molecule has 18 heavy (non-hydrogen) atoms. The fraction of sp³-hybridized carbons (Fsp3) is 0.533. The van der Waals surface area contributed by atoms with E-state index in [2.05, 4.69) is 18.3 Å². The van der Waals surface area contributed by atoms with Gasteiger partial charge in [-0.05, 0) is 44.4 Å². The van der Waals surface area contributed by atoms with E-state index in [1.807, 2.05) is 31.2 Å². The van der Waals surface area contributed by atoms with Gasteiger partial charge in [-0.3, -0.25) is 0 Å². The van der Waals surface area contributed by atoms with Crippen molar-refractivity contribution in [2.24, 2.45) is 0 Å². The second-order valence-electron chi connectivity index (χ2n) is 4.87. The average molecular weight is 244 g/mol. The van der Waals surface area contributed by atoms with Gasteiger partial charge in [0.25, 0.3) is 0 Å². The van der Waals surface area contributed by atoms with Crippen molar-refractivity contribution in [1.29, 1.82) is 5.26 Å². The van der Waals surface area contributed by atoms with Gasteiger partial charge >= 0.3 is 0 Å². The van der Waals surface area contributed by atoms with Gasteiger partial charge in [-0.15, -0.1) is 0 Å². The van der Waals surface area contributed by atoms with Crippen LogP contribution in [0.4, 0.5) is 0 Å². The molecule has 1 aromatic rings. The Morgan fingerprint density at radius 2 is 2.06 bits per heavy atom. The van der Waals surface area contributed by atoms with E-state index in [1.54, 1.807) is 0 Å². The monoisotopic (exact) mass is 244 g/mol. The highest BCUT2D eigenvalue weighted by molar-refractivity contribution is 5.32. The van der Waals surface area contributed by atoms with Gasteiger partial charge in [0, 0.05) is 18.7 Å². The third kappa shape index (κ3) is 3.10. The minimum atomic E-state index is 0.324. The summed E-state index contributed by atoms with van der Waals surface area (Å²) in [6.45, 7) is 5.01. The van der Waals surface area contributed by atoms with E-state index in [0.717, 1.165) is 19.4 Å². The lowest BCUT2D eigenvalue weighted by atomic mass is 9.88. The topological polar surface area (TPSA) is 45.0 Å². The van der Waals surface area contributed by atoms with Crippen molar-refractivity contribution in [1.82, 2.24) is 5.32 Å². The molecule has 2 rings (SSSR count). The predicted octanol–water partition coefficient (Wildman–Crippen LogP) is 2.78. The quantitative estimate of drug-likeness (QED) is 0.866. The lowest BCUT2D eigenvalue weighted by Crippen LogP contribution is -2.46. The van der Waals surface area contributed by atoms with Crippen LogP contribution in [0.5, 0.6) is 0 Å². The summed E-state index contributed by atoms with van der Waals surface area (Å²) in [7, 11) is 0.